The third-order valence-electron chi connectivity index (χ3n) is 7.56. The monoisotopic (exact) mass is 581 g/mol. The SMILES string of the molecule is COc1cc2ccc1OCC(=O)NCc1ccc(cc1)O[C@H]1CN(C(=O)c3cccc4nccnc34)C[C@@H]1NC(=O)CC2. The first-order chi connectivity index (χ1) is 21.0. The molecule has 5 aliphatic heterocycles. The molecule has 1 fully saturated rings. The number of methoxy groups -OCH3 is 1. The number of amides is 3. The molecular formula is C32H31N5O6. The van der Waals surface area contributed by atoms with Crippen LogP contribution in [0.4, 0.5) is 0 Å². The number of rotatable bonds is 2. The maximum Gasteiger partial charge on any atom is 0.258 e. The number of nitrogens with one attached hydrogen (secondary N) is 2. The van der Waals surface area contributed by atoms with E-state index in [-0.39, 0.29) is 43.8 Å². The predicted octanol–water partition coefficient (Wildman–Crippen LogP) is 2.67. The van der Waals surface area contributed by atoms with Crippen LogP contribution >= 0.6 is 0 Å². The molecule has 0 unspecified atom stereocenters. The van der Waals surface area contributed by atoms with Gasteiger partial charge in [0.2, 0.25) is 5.91 Å². The lowest BCUT2D eigenvalue weighted by Crippen LogP contribution is -2.45. The number of ether oxygens (including phenoxy) is 3. The number of aromatic nitrogens is 2. The van der Waals surface area contributed by atoms with Crippen LogP contribution in [-0.4, -0.2) is 71.5 Å². The maximum atomic E-state index is 13.7. The second kappa shape index (κ2) is 12.4. The van der Waals surface area contributed by atoms with Gasteiger partial charge in [0.05, 0.1) is 30.8 Å². The van der Waals surface area contributed by atoms with Crippen LogP contribution in [0.25, 0.3) is 11.0 Å². The largest absolute Gasteiger partial charge is 0.493 e. The summed E-state index contributed by atoms with van der Waals surface area (Å²) >= 11 is 0. The van der Waals surface area contributed by atoms with Gasteiger partial charge in [-0.25, -0.2) is 0 Å². The molecule has 4 aromatic rings. The summed E-state index contributed by atoms with van der Waals surface area (Å²) in [4.78, 5) is 49.6. The number of para-hydroxylation sites is 1. The Morgan fingerprint density at radius 3 is 2.60 bits per heavy atom. The number of fused-ring (bicyclic) bond motifs is 1. The summed E-state index contributed by atoms with van der Waals surface area (Å²) in [5, 5.41) is 5.95. The Kier molecular flexibility index (Phi) is 8.03. The van der Waals surface area contributed by atoms with Crippen LogP contribution in [0, 0.1) is 0 Å². The first kappa shape index (κ1) is 28.0. The van der Waals surface area contributed by atoms with Gasteiger partial charge in [-0.1, -0.05) is 24.3 Å². The van der Waals surface area contributed by atoms with Crippen LogP contribution in [0.3, 0.4) is 0 Å². The molecule has 3 amide bonds. The number of benzene rings is 3. The Bertz CT molecular complexity index is 1650. The van der Waals surface area contributed by atoms with Crippen LogP contribution in [0.5, 0.6) is 17.2 Å². The van der Waals surface area contributed by atoms with Gasteiger partial charge in [-0.15, -0.1) is 0 Å². The zero-order valence-corrected chi connectivity index (χ0v) is 23.6. The van der Waals surface area contributed by atoms with Crippen molar-refractivity contribution in [2.45, 2.75) is 31.5 Å². The first-order valence-electron chi connectivity index (χ1n) is 14.1. The fourth-order valence-corrected chi connectivity index (χ4v) is 5.31. The van der Waals surface area contributed by atoms with Gasteiger partial charge in [0, 0.05) is 31.9 Å². The molecule has 1 aromatic heterocycles. The maximum absolute atomic E-state index is 13.7. The second-order valence-electron chi connectivity index (χ2n) is 10.5. The normalized spacial score (nSPS) is 19.1. The predicted molar refractivity (Wildman–Crippen MR) is 157 cm³/mol. The smallest absolute Gasteiger partial charge is 0.258 e. The lowest BCUT2D eigenvalue weighted by atomic mass is 10.1. The highest BCUT2D eigenvalue weighted by Crippen LogP contribution is 2.29. The van der Waals surface area contributed by atoms with Gasteiger partial charge >= 0.3 is 0 Å². The third kappa shape index (κ3) is 6.35. The van der Waals surface area contributed by atoms with Gasteiger partial charge < -0.3 is 29.7 Å². The highest BCUT2D eigenvalue weighted by Gasteiger charge is 2.38. The fraction of sp³-hybridized carbons (Fsp3) is 0.281. The van der Waals surface area contributed by atoms with E-state index in [1.54, 1.807) is 41.6 Å². The van der Waals surface area contributed by atoms with E-state index in [2.05, 4.69) is 20.6 Å². The number of carbonyl (C=O) groups excluding carboxylic acids is 3. The van der Waals surface area contributed by atoms with Crippen molar-refractivity contribution >= 4 is 28.8 Å². The van der Waals surface area contributed by atoms with Crippen LogP contribution < -0.4 is 24.8 Å². The molecule has 0 saturated carbocycles. The number of hydrogen-bond acceptors (Lipinski definition) is 8. The average Bonchev–Trinajstić information content (AvgIpc) is 3.43. The average molecular weight is 582 g/mol. The van der Waals surface area contributed by atoms with Crippen molar-refractivity contribution < 1.29 is 28.6 Å². The molecule has 220 valence electrons. The Labute approximate surface area is 248 Å². The molecule has 0 aliphatic carbocycles. The molecule has 43 heavy (non-hydrogen) atoms. The minimum Gasteiger partial charge on any atom is -0.493 e. The Balaban J connectivity index is 1.25. The van der Waals surface area contributed by atoms with E-state index in [0.717, 1.165) is 11.1 Å². The number of hydrogen-bond donors (Lipinski definition) is 2. The lowest BCUT2D eigenvalue weighted by molar-refractivity contribution is -0.123. The van der Waals surface area contributed by atoms with Gasteiger partial charge in [0.1, 0.15) is 17.4 Å². The molecule has 1 saturated heterocycles. The van der Waals surface area contributed by atoms with E-state index in [0.29, 0.717) is 46.8 Å². The van der Waals surface area contributed by atoms with Crippen LogP contribution in [-0.2, 0) is 22.6 Å². The number of carbonyl (C=O) groups is 3. The molecule has 0 radical (unpaired) electrons. The van der Waals surface area contributed by atoms with Crippen molar-refractivity contribution in [2.24, 2.45) is 0 Å². The van der Waals surface area contributed by atoms with E-state index in [1.165, 1.54) is 7.11 Å². The van der Waals surface area contributed by atoms with Gasteiger partial charge in [-0.05, 0) is 53.9 Å². The molecule has 2 N–H and O–H groups in total. The van der Waals surface area contributed by atoms with Crippen LogP contribution in [0.1, 0.15) is 27.9 Å². The quantitative estimate of drug-likeness (QED) is 0.370. The minimum atomic E-state index is -0.485. The summed E-state index contributed by atoms with van der Waals surface area (Å²) in [5.74, 6) is 0.874. The zero-order valence-electron chi connectivity index (χ0n) is 23.6. The minimum absolute atomic E-state index is 0.162. The van der Waals surface area contributed by atoms with Crippen molar-refractivity contribution in [2.75, 3.05) is 26.8 Å². The summed E-state index contributed by atoms with van der Waals surface area (Å²) < 4.78 is 17.5. The van der Waals surface area contributed by atoms with Crippen molar-refractivity contribution in [1.29, 1.82) is 0 Å². The van der Waals surface area contributed by atoms with Crippen molar-refractivity contribution in [1.82, 2.24) is 25.5 Å². The van der Waals surface area contributed by atoms with E-state index in [1.807, 2.05) is 36.4 Å². The lowest BCUT2D eigenvalue weighted by Gasteiger charge is -2.21. The van der Waals surface area contributed by atoms with E-state index in [9.17, 15) is 14.4 Å². The van der Waals surface area contributed by atoms with Gasteiger partial charge in [-0.2, -0.15) is 0 Å². The van der Waals surface area contributed by atoms with E-state index < -0.39 is 12.1 Å². The molecule has 5 aliphatic rings. The van der Waals surface area contributed by atoms with Crippen molar-refractivity contribution in [3.05, 3.63) is 89.7 Å². The van der Waals surface area contributed by atoms with Crippen molar-refractivity contribution in [3.8, 4) is 17.2 Å². The highest BCUT2D eigenvalue weighted by atomic mass is 16.5. The summed E-state index contributed by atoms with van der Waals surface area (Å²) in [6.07, 6.45) is 3.35. The van der Waals surface area contributed by atoms with Crippen molar-refractivity contribution in [3.63, 3.8) is 0 Å². The molecule has 4 bridgehead atoms. The molecular weight excluding hydrogens is 550 g/mol. The Hall–Kier alpha value is -5.19. The van der Waals surface area contributed by atoms with Crippen LogP contribution in [0.15, 0.2) is 73.1 Å². The molecule has 2 atom stereocenters. The standard InChI is InChI=1S/C32H31N5O6/c1-41-27-15-20-7-11-26(27)42-19-30(39)35-16-21-5-9-22(10-6-21)43-28-18-37(17-25(28)36-29(38)12-8-20)32(40)23-3-2-4-24-31(23)34-14-13-33-24/h2-7,9-11,13-15,25,28H,8,12,16-19H2,1H3,(H,35,39)(H,36,38)/t25-,28-/m0/s1. The fourth-order valence-electron chi connectivity index (χ4n) is 5.31. The summed E-state index contributed by atoms with van der Waals surface area (Å²) in [5.41, 5.74) is 3.36. The van der Waals surface area contributed by atoms with E-state index >= 15 is 0 Å². The number of likely N-dealkylation sites (tertiary alicyclic amines) is 1. The third-order valence-corrected chi connectivity index (χ3v) is 7.56. The first-order valence-corrected chi connectivity index (χ1v) is 14.1. The zero-order chi connectivity index (χ0) is 29.8. The summed E-state index contributed by atoms with van der Waals surface area (Å²) in [7, 11) is 1.53. The number of aryl methyl sites for hydroxylation is 1. The van der Waals surface area contributed by atoms with E-state index in [4.69, 9.17) is 14.2 Å². The molecule has 11 nitrogen and oxygen atoms in total. The molecule has 11 heteroatoms. The molecule has 3 aromatic carbocycles. The highest BCUT2D eigenvalue weighted by molar-refractivity contribution is 6.04. The second-order valence-corrected chi connectivity index (χ2v) is 10.5. The summed E-state index contributed by atoms with van der Waals surface area (Å²) in [6.45, 7) is 0.701. The van der Waals surface area contributed by atoms with Gasteiger partial charge in [0.25, 0.3) is 11.8 Å². The molecule has 0 spiro atoms. The molecule has 6 heterocycles. The Morgan fingerprint density at radius 1 is 0.953 bits per heavy atom. The summed E-state index contributed by atoms with van der Waals surface area (Å²) in [6, 6.07) is 17.6. The van der Waals surface area contributed by atoms with Crippen LogP contribution in [0.2, 0.25) is 0 Å². The Morgan fingerprint density at radius 2 is 1.77 bits per heavy atom. The van der Waals surface area contributed by atoms with Gasteiger partial charge in [-0.3, -0.25) is 24.4 Å². The number of nitrogens with zero attached hydrogens (tertiary/aromatic N) is 3. The topological polar surface area (TPSA) is 132 Å². The van der Waals surface area contributed by atoms with Gasteiger partial charge in [0.15, 0.2) is 18.1 Å². The molecule has 9 rings (SSSR count).